The molecule has 5 rings (SSSR count). The maximum Gasteiger partial charge on any atom is 0.278 e. The third-order valence-corrected chi connectivity index (χ3v) is 8.30. The molecule has 1 unspecified atom stereocenters. The molecule has 2 atom stereocenters. The lowest BCUT2D eigenvalue weighted by atomic mass is 10.2. The minimum atomic E-state index is -0.561. The van der Waals surface area contributed by atoms with E-state index in [1.54, 1.807) is 47.1 Å². The number of halogens is 1. The molecule has 1 saturated heterocycles. The van der Waals surface area contributed by atoms with E-state index in [0.717, 1.165) is 17.1 Å². The van der Waals surface area contributed by atoms with Crippen LogP contribution in [0.5, 0.6) is 5.75 Å². The lowest BCUT2D eigenvalue weighted by molar-refractivity contribution is -0.137. The average molecular weight is 565 g/mol. The van der Waals surface area contributed by atoms with Crippen molar-refractivity contribution in [2.45, 2.75) is 22.3 Å². The summed E-state index contributed by atoms with van der Waals surface area (Å²) >= 11 is 9.69. The summed E-state index contributed by atoms with van der Waals surface area (Å²) in [5, 5.41) is 19.2. The predicted molar refractivity (Wildman–Crippen MR) is 135 cm³/mol. The zero-order valence-corrected chi connectivity index (χ0v) is 21.6. The molecule has 1 fully saturated rings. The molecule has 2 amide bonds. The van der Waals surface area contributed by atoms with Crippen LogP contribution in [0.2, 0.25) is 5.02 Å². The maximum atomic E-state index is 13.4. The topological polar surface area (TPSA) is 166 Å². The number of tetrazole rings is 1. The fourth-order valence-electron chi connectivity index (χ4n) is 3.19. The Balaban J connectivity index is 1.37. The highest BCUT2D eigenvalue weighted by Gasteiger charge is 2.42. The number of nitrogen functional groups attached to an aromatic ring is 1. The van der Waals surface area contributed by atoms with Gasteiger partial charge in [0, 0.05) is 35.6 Å². The van der Waals surface area contributed by atoms with Crippen LogP contribution in [0.4, 0.5) is 5.13 Å². The number of nitrogens with two attached hydrogens (primary N) is 1. The highest BCUT2D eigenvalue weighted by Crippen LogP contribution is 2.40. The molecule has 3 aromatic rings. The van der Waals surface area contributed by atoms with E-state index < -0.39 is 11.3 Å². The lowest BCUT2D eigenvalue weighted by Crippen LogP contribution is -2.54. The zero-order chi connectivity index (χ0) is 25.2. The summed E-state index contributed by atoms with van der Waals surface area (Å²) in [5.74, 6) is 0.321. The van der Waals surface area contributed by atoms with Crippen LogP contribution in [0, 0.1) is 0 Å². The Kier molecular flexibility index (Phi) is 7.08. The van der Waals surface area contributed by atoms with Crippen molar-refractivity contribution < 1.29 is 14.4 Å². The normalized spacial score (nSPS) is 19.4. The Bertz CT molecular complexity index is 1360. The third-order valence-electron chi connectivity index (χ3n) is 5.02. The largest absolute Gasteiger partial charge is 0.374 e. The number of hydrogen-bond donors (Lipinski definition) is 2. The van der Waals surface area contributed by atoms with Crippen molar-refractivity contribution in [2.24, 2.45) is 12.2 Å². The Labute approximate surface area is 221 Å². The molecule has 17 heteroatoms. The van der Waals surface area contributed by atoms with Crippen molar-refractivity contribution in [1.82, 2.24) is 39.8 Å². The molecule has 13 nitrogen and oxygen atoms in total. The molecule has 3 N–H and O–H groups in total. The number of carbonyl (C=O) groups is 2. The Morgan fingerprint density at radius 3 is 2.86 bits per heavy atom. The molecule has 0 aliphatic carbocycles. The minimum Gasteiger partial charge on any atom is -0.374 e. The first-order valence-corrected chi connectivity index (χ1v) is 13.4. The first-order chi connectivity index (χ1) is 17.4. The van der Waals surface area contributed by atoms with Gasteiger partial charge in [0.15, 0.2) is 10.9 Å². The van der Waals surface area contributed by atoms with Gasteiger partial charge in [-0.1, -0.05) is 28.5 Å². The fourth-order valence-corrected chi connectivity index (χ4v) is 6.07. The molecular weight excluding hydrogens is 548 g/mol. The van der Waals surface area contributed by atoms with Crippen LogP contribution in [-0.4, -0.2) is 68.5 Å². The summed E-state index contributed by atoms with van der Waals surface area (Å²) in [5.41, 5.74) is 6.39. The van der Waals surface area contributed by atoms with E-state index in [-0.39, 0.29) is 27.9 Å². The summed E-state index contributed by atoms with van der Waals surface area (Å²) < 4.78 is 5.66. The van der Waals surface area contributed by atoms with E-state index in [2.05, 4.69) is 35.4 Å². The highest BCUT2D eigenvalue weighted by atomic mass is 35.5. The average Bonchev–Trinajstić information content (AvgIpc) is 3.47. The summed E-state index contributed by atoms with van der Waals surface area (Å²) in [6.45, 7) is 0. The van der Waals surface area contributed by atoms with Gasteiger partial charge in [-0.05, 0) is 40.3 Å². The number of amides is 2. The molecule has 186 valence electrons. The van der Waals surface area contributed by atoms with E-state index in [9.17, 15) is 9.59 Å². The first-order valence-electron chi connectivity index (χ1n) is 10.3. The van der Waals surface area contributed by atoms with Crippen molar-refractivity contribution in [1.29, 1.82) is 0 Å². The second kappa shape index (κ2) is 10.4. The van der Waals surface area contributed by atoms with Crippen molar-refractivity contribution in [2.75, 3.05) is 11.5 Å². The summed E-state index contributed by atoms with van der Waals surface area (Å²) in [4.78, 5) is 36.6. The quantitative estimate of drug-likeness (QED) is 0.176. The number of β-lactam (4-membered cyclic amide) rings is 1. The maximum absolute atomic E-state index is 13.4. The Morgan fingerprint density at radius 2 is 2.19 bits per heavy atom. The van der Waals surface area contributed by atoms with Crippen molar-refractivity contribution >= 4 is 69.3 Å². The Hall–Kier alpha value is -3.21. The molecular formula is C19H17ClN10O3S3. The van der Waals surface area contributed by atoms with Crippen LogP contribution in [-0.2, 0) is 16.6 Å². The van der Waals surface area contributed by atoms with Gasteiger partial charge in [0.2, 0.25) is 22.6 Å². The second-order valence-electron chi connectivity index (χ2n) is 7.47. The molecule has 1 aromatic carbocycles. The van der Waals surface area contributed by atoms with Gasteiger partial charge in [0.1, 0.15) is 5.37 Å². The van der Waals surface area contributed by atoms with Gasteiger partial charge in [0.25, 0.3) is 5.91 Å². The van der Waals surface area contributed by atoms with Gasteiger partial charge in [-0.25, -0.2) is 4.68 Å². The van der Waals surface area contributed by atoms with Gasteiger partial charge in [-0.15, -0.1) is 16.9 Å². The number of nitrogens with one attached hydrogen (secondary N) is 1. The van der Waals surface area contributed by atoms with Gasteiger partial charge in [-0.3, -0.25) is 9.59 Å². The van der Waals surface area contributed by atoms with Gasteiger partial charge >= 0.3 is 0 Å². The molecule has 4 heterocycles. The zero-order valence-electron chi connectivity index (χ0n) is 18.4. The summed E-state index contributed by atoms with van der Waals surface area (Å²) in [7, 11) is 1.73. The fraction of sp³-hybridized carbons (Fsp3) is 0.263. The number of rotatable bonds is 8. The standard InChI is InChI=1S/C19H17ClN10O3S3/c1-29-19(24-27-28-29)34-8-9-7-30-12(31)6-13(30)35-17(9)23-16(32)14(15-22-18(21)36-26-15)25-33-11-4-2-10(20)3-5-11/h2-5,7,13,17H,6,8H2,1H3,(H,23,32)(H2,21,22,26)/t13-,17?/m0/s1. The number of benzene rings is 1. The number of anilines is 1. The number of hydrogen-bond acceptors (Lipinski definition) is 13. The van der Waals surface area contributed by atoms with Crippen LogP contribution in [0.3, 0.4) is 0 Å². The predicted octanol–water partition coefficient (Wildman–Crippen LogP) is 1.50. The van der Waals surface area contributed by atoms with E-state index in [1.807, 2.05) is 0 Å². The molecule has 2 aromatic heterocycles. The highest BCUT2D eigenvalue weighted by molar-refractivity contribution is 8.01. The van der Waals surface area contributed by atoms with E-state index in [4.69, 9.17) is 22.2 Å². The number of aromatic nitrogens is 6. The molecule has 0 saturated carbocycles. The smallest absolute Gasteiger partial charge is 0.278 e. The van der Waals surface area contributed by atoms with Crippen LogP contribution in [0.25, 0.3) is 0 Å². The van der Waals surface area contributed by atoms with Crippen LogP contribution < -0.4 is 15.9 Å². The number of fused-ring (bicyclic) bond motifs is 1. The molecule has 2 aliphatic rings. The van der Waals surface area contributed by atoms with Gasteiger partial charge in [0.05, 0.1) is 11.8 Å². The van der Waals surface area contributed by atoms with Gasteiger partial charge < -0.3 is 20.8 Å². The molecule has 2 aliphatic heterocycles. The monoisotopic (exact) mass is 564 g/mol. The van der Waals surface area contributed by atoms with Crippen LogP contribution in [0.1, 0.15) is 12.2 Å². The SMILES string of the molecule is Cn1nnnc1SCC1=CN2C(=O)C[C@@H]2SC1NC(=O)C(=NOc1ccc(Cl)cc1)c1nsc(N)n1. The molecule has 36 heavy (non-hydrogen) atoms. The van der Waals surface area contributed by atoms with Crippen molar-refractivity contribution in [3.05, 3.63) is 46.9 Å². The van der Waals surface area contributed by atoms with Crippen LogP contribution >= 0.6 is 46.7 Å². The molecule has 0 bridgehead atoms. The number of oxime groups is 1. The number of thioether (sulfide) groups is 2. The summed E-state index contributed by atoms with van der Waals surface area (Å²) in [6.07, 6.45) is 2.17. The minimum absolute atomic E-state index is 0.0286. The number of aryl methyl sites for hydroxylation is 1. The summed E-state index contributed by atoms with van der Waals surface area (Å²) in [6, 6.07) is 6.50. The van der Waals surface area contributed by atoms with Crippen molar-refractivity contribution in [3.8, 4) is 5.75 Å². The number of nitrogens with zero attached hydrogens (tertiary/aromatic N) is 8. The number of carbonyl (C=O) groups excluding carboxylic acids is 2. The first kappa shape index (κ1) is 24.5. The van der Waals surface area contributed by atoms with Crippen molar-refractivity contribution in [3.63, 3.8) is 0 Å². The van der Waals surface area contributed by atoms with E-state index in [1.165, 1.54) is 23.5 Å². The lowest BCUT2D eigenvalue weighted by Gasteiger charge is -2.44. The third kappa shape index (κ3) is 5.30. The Morgan fingerprint density at radius 1 is 1.39 bits per heavy atom. The second-order valence-corrected chi connectivity index (χ2v) is 10.9. The van der Waals surface area contributed by atoms with Gasteiger partial charge in [-0.2, -0.15) is 9.36 Å². The molecule has 0 radical (unpaired) electrons. The van der Waals surface area contributed by atoms with Crippen LogP contribution in [0.15, 0.2) is 46.4 Å². The molecule has 0 spiro atoms. The van der Waals surface area contributed by atoms with E-state index in [0.29, 0.717) is 28.1 Å². The van der Waals surface area contributed by atoms with E-state index >= 15 is 0 Å².